The molecule has 6 heteroatoms. The molecule has 0 radical (unpaired) electrons. The second-order valence-electron chi connectivity index (χ2n) is 6.02. The van der Waals surface area contributed by atoms with Crippen LogP contribution in [0.1, 0.15) is 24.0 Å². The van der Waals surface area contributed by atoms with E-state index in [0.717, 1.165) is 33.3 Å². The van der Waals surface area contributed by atoms with Crippen LogP contribution in [0.25, 0.3) is 0 Å². The lowest BCUT2D eigenvalue weighted by Gasteiger charge is -2.19. The van der Waals surface area contributed by atoms with E-state index in [0.29, 0.717) is 0 Å². The van der Waals surface area contributed by atoms with E-state index in [2.05, 4.69) is 56.1 Å². The highest BCUT2D eigenvalue weighted by atomic mass is 79.9. The fourth-order valence-electron chi connectivity index (χ4n) is 3.01. The van der Waals surface area contributed by atoms with Gasteiger partial charge < -0.3 is 19.7 Å². The summed E-state index contributed by atoms with van der Waals surface area (Å²) in [6.45, 7) is 0.560. The Kier molecular flexibility index (Phi) is 6.04. The second kappa shape index (κ2) is 8.08. The highest BCUT2D eigenvalue weighted by molar-refractivity contribution is 9.10. The number of halogens is 2. The van der Waals surface area contributed by atoms with Crippen LogP contribution in [-0.4, -0.2) is 36.6 Å². The number of benzene rings is 2. The Balaban J connectivity index is 1.85. The third kappa shape index (κ3) is 4.03. The molecule has 134 valence electrons. The maximum Gasteiger partial charge on any atom is 0.133 e. The van der Waals surface area contributed by atoms with Gasteiger partial charge >= 0.3 is 0 Å². The third-order valence-corrected chi connectivity index (χ3v) is 5.66. The molecule has 3 rings (SSSR count). The SMILES string of the molecule is OCCOc1ccc(C2(c3ccc(OCCO)c(Br)c3)CC2)cc1Br. The molecule has 0 atom stereocenters. The molecule has 4 nitrogen and oxygen atoms in total. The van der Waals surface area contributed by atoms with E-state index in [1.807, 2.05) is 12.1 Å². The lowest BCUT2D eigenvalue weighted by atomic mass is 9.88. The molecule has 1 aliphatic rings. The van der Waals surface area contributed by atoms with Crippen LogP contribution in [0.3, 0.4) is 0 Å². The van der Waals surface area contributed by atoms with Crippen LogP contribution < -0.4 is 9.47 Å². The van der Waals surface area contributed by atoms with Crippen molar-refractivity contribution < 1.29 is 19.7 Å². The predicted molar refractivity (Wildman–Crippen MR) is 103 cm³/mol. The van der Waals surface area contributed by atoms with Crippen molar-refractivity contribution in [3.05, 3.63) is 56.5 Å². The van der Waals surface area contributed by atoms with Crippen LogP contribution in [-0.2, 0) is 5.41 Å². The highest BCUT2D eigenvalue weighted by Gasteiger charge is 2.46. The predicted octanol–water partition coefficient (Wildman–Crippen LogP) is 4.03. The van der Waals surface area contributed by atoms with E-state index in [9.17, 15) is 0 Å². The van der Waals surface area contributed by atoms with Gasteiger partial charge in [0.05, 0.1) is 22.2 Å². The van der Waals surface area contributed by atoms with Crippen molar-refractivity contribution in [2.45, 2.75) is 18.3 Å². The summed E-state index contributed by atoms with van der Waals surface area (Å²) < 4.78 is 12.8. The standard InChI is InChI=1S/C19H20Br2O4/c20-15-11-13(1-3-17(15)24-9-7-22)19(5-6-19)14-2-4-18(16(21)12-14)25-10-8-23/h1-4,11-12,22-23H,5-10H2. The first-order valence-corrected chi connectivity index (χ1v) is 9.77. The lowest BCUT2D eigenvalue weighted by Crippen LogP contribution is -2.10. The van der Waals surface area contributed by atoms with Crippen molar-refractivity contribution in [3.63, 3.8) is 0 Å². The Morgan fingerprint density at radius 1 is 0.800 bits per heavy atom. The summed E-state index contributed by atoms with van der Waals surface area (Å²) in [6.07, 6.45) is 2.19. The monoisotopic (exact) mass is 470 g/mol. The molecule has 2 aromatic carbocycles. The van der Waals surface area contributed by atoms with Crippen molar-refractivity contribution >= 4 is 31.9 Å². The first-order chi connectivity index (χ1) is 12.1. The van der Waals surface area contributed by atoms with Gasteiger partial charge in [0.2, 0.25) is 0 Å². The Hall–Kier alpha value is -1.08. The van der Waals surface area contributed by atoms with Gasteiger partial charge in [0, 0.05) is 5.41 Å². The fraction of sp³-hybridized carbons (Fsp3) is 0.368. The molecule has 2 N–H and O–H groups in total. The maximum absolute atomic E-state index is 8.89. The van der Waals surface area contributed by atoms with Crippen LogP contribution >= 0.6 is 31.9 Å². The lowest BCUT2D eigenvalue weighted by molar-refractivity contribution is 0.200. The van der Waals surface area contributed by atoms with Crippen LogP contribution in [0.4, 0.5) is 0 Å². The zero-order valence-corrected chi connectivity index (χ0v) is 16.8. The van der Waals surface area contributed by atoms with Crippen LogP contribution in [0.15, 0.2) is 45.3 Å². The van der Waals surface area contributed by atoms with E-state index in [1.54, 1.807) is 0 Å². The topological polar surface area (TPSA) is 58.9 Å². The molecule has 0 spiro atoms. The first-order valence-electron chi connectivity index (χ1n) is 8.18. The van der Waals surface area contributed by atoms with Crippen LogP contribution in [0.2, 0.25) is 0 Å². The Morgan fingerprint density at radius 3 is 1.56 bits per heavy atom. The van der Waals surface area contributed by atoms with Gasteiger partial charge in [0.25, 0.3) is 0 Å². The fourth-order valence-corrected chi connectivity index (χ4v) is 4.00. The number of rotatable bonds is 8. The molecule has 1 aliphatic carbocycles. The number of ether oxygens (including phenoxy) is 2. The average Bonchev–Trinajstić information content (AvgIpc) is 3.41. The minimum atomic E-state index is -0.00312. The zero-order valence-electron chi connectivity index (χ0n) is 13.7. The van der Waals surface area contributed by atoms with Crippen molar-refractivity contribution in [2.24, 2.45) is 0 Å². The van der Waals surface area contributed by atoms with Crippen LogP contribution in [0.5, 0.6) is 11.5 Å². The number of hydrogen-bond acceptors (Lipinski definition) is 4. The molecular formula is C19H20Br2O4. The first kappa shape index (κ1) is 18.7. The average molecular weight is 472 g/mol. The molecule has 0 aromatic heterocycles. The summed E-state index contributed by atoms with van der Waals surface area (Å²) in [5.74, 6) is 1.48. The molecule has 1 fully saturated rings. The number of aliphatic hydroxyl groups is 2. The summed E-state index contributed by atoms with van der Waals surface area (Å²) in [7, 11) is 0. The molecule has 2 aromatic rings. The van der Waals surface area contributed by atoms with Gasteiger partial charge in [-0.05, 0) is 80.1 Å². The molecule has 0 bridgehead atoms. The Morgan fingerprint density at radius 2 is 1.24 bits per heavy atom. The summed E-state index contributed by atoms with van der Waals surface area (Å²) >= 11 is 7.13. The summed E-state index contributed by atoms with van der Waals surface area (Å²) in [4.78, 5) is 0. The molecule has 1 saturated carbocycles. The molecule has 0 amide bonds. The number of hydrogen-bond donors (Lipinski definition) is 2. The van der Waals surface area contributed by atoms with Gasteiger partial charge in [0.1, 0.15) is 24.7 Å². The van der Waals surface area contributed by atoms with Gasteiger partial charge in [-0.3, -0.25) is 0 Å². The van der Waals surface area contributed by atoms with Gasteiger partial charge in [0.15, 0.2) is 0 Å². The van der Waals surface area contributed by atoms with E-state index in [1.165, 1.54) is 11.1 Å². The van der Waals surface area contributed by atoms with E-state index in [-0.39, 0.29) is 31.8 Å². The molecule has 0 aliphatic heterocycles. The van der Waals surface area contributed by atoms with Crippen LogP contribution in [0, 0.1) is 0 Å². The largest absolute Gasteiger partial charge is 0.490 e. The minimum Gasteiger partial charge on any atom is -0.490 e. The maximum atomic E-state index is 8.89. The van der Waals surface area contributed by atoms with Crippen molar-refractivity contribution in [3.8, 4) is 11.5 Å². The van der Waals surface area contributed by atoms with Gasteiger partial charge in [-0.2, -0.15) is 0 Å². The summed E-state index contributed by atoms with van der Waals surface area (Å²) in [5, 5.41) is 17.8. The number of aliphatic hydroxyl groups excluding tert-OH is 2. The molecular weight excluding hydrogens is 452 g/mol. The third-order valence-electron chi connectivity index (χ3n) is 4.42. The quantitative estimate of drug-likeness (QED) is 0.610. The Bertz CT molecular complexity index is 685. The van der Waals surface area contributed by atoms with Gasteiger partial charge in [-0.1, -0.05) is 12.1 Å². The molecule has 0 saturated heterocycles. The van der Waals surface area contributed by atoms with E-state index >= 15 is 0 Å². The van der Waals surface area contributed by atoms with Gasteiger partial charge in [-0.25, -0.2) is 0 Å². The molecule has 0 heterocycles. The van der Waals surface area contributed by atoms with Gasteiger partial charge in [-0.15, -0.1) is 0 Å². The second-order valence-corrected chi connectivity index (χ2v) is 7.73. The molecule has 0 unspecified atom stereocenters. The van der Waals surface area contributed by atoms with E-state index in [4.69, 9.17) is 19.7 Å². The smallest absolute Gasteiger partial charge is 0.133 e. The molecule has 25 heavy (non-hydrogen) atoms. The zero-order chi connectivity index (χ0) is 17.9. The minimum absolute atomic E-state index is 0.00312. The highest BCUT2D eigenvalue weighted by Crippen LogP contribution is 2.55. The van der Waals surface area contributed by atoms with Crippen molar-refractivity contribution in [2.75, 3.05) is 26.4 Å². The summed E-state index contributed by atoms with van der Waals surface area (Å²) in [6, 6.07) is 12.3. The van der Waals surface area contributed by atoms with E-state index < -0.39 is 0 Å². The Labute approximate surface area is 164 Å². The summed E-state index contributed by atoms with van der Waals surface area (Å²) in [5.41, 5.74) is 2.51. The van der Waals surface area contributed by atoms with Crippen molar-refractivity contribution in [1.82, 2.24) is 0 Å². The van der Waals surface area contributed by atoms with Crippen molar-refractivity contribution in [1.29, 1.82) is 0 Å². The normalized spacial score (nSPS) is 15.0.